The SMILES string of the molecule is COc1nsc(C=O)c1C#CC(=O)O. The van der Waals surface area contributed by atoms with Crippen LogP contribution in [0.5, 0.6) is 5.88 Å². The number of carboxylic acids is 1. The van der Waals surface area contributed by atoms with Crippen LogP contribution in [0.1, 0.15) is 15.2 Å². The molecule has 1 N–H and O–H groups in total. The Bertz CT molecular complexity index is 426. The normalized spacial score (nSPS) is 8.64. The molecular formula is C8H5NO4S. The summed E-state index contributed by atoms with van der Waals surface area (Å²) in [7, 11) is 1.37. The molecule has 0 radical (unpaired) electrons. The van der Waals surface area contributed by atoms with Crippen molar-refractivity contribution in [2.75, 3.05) is 7.11 Å². The standard InChI is InChI=1S/C8H5NO4S/c1-13-8-5(2-3-7(11)12)6(4-10)14-9-8/h4H,1H3,(H,11,12). The van der Waals surface area contributed by atoms with E-state index in [1.165, 1.54) is 7.11 Å². The molecule has 1 aromatic heterocycles. The first-order valence-electron chi connectivity index (χ1n) is 3.42. The predicted molar refractivity (Wildman–Crippen MR) is 48.6 cm³/mol. The van der Waals surface area contributed by atoms with Crippen LogP contribution in [0.4, 0.5) is 0 Å². The number of aliphatic carboxylic acids is 1. The van der Waals surface area contributed by atoms with Crippen molar-refractivity contribution in [2.45, 2.75) is 0 Å². The molecule has 0 unspecified atom stereocenters. The summed E-state index contributed by atoms with van der Waals surface area (Å²) in [5.41, 5.74) is 0.218. The van der Waals surface area contributed by atoms with Gasteiger partial charge in [-0.05, 0) is 17.5 Å². The van der Waals surface area contributed by atoms with E-state index >= 15 is 0 Å². The van der Waals surface area contributed by atoms with Crippen LogP contribution >= 0.6 is 11.5 Å². The molecule has 72 valence electrons. The molecule has 5 nitrogen and oxygen atoms in total. The number of ether oxygens (including phenoxy) is 1. The first-order chi connectivity index (χ1) is 6.69. The van der Waals surface area contributed by atoms with Gasteiger partial charge in [-0.1, -0.05) is 0 Å². The zero-order chi connectivity index (χ0) is 10.6. The zero-order valence-corrected chi connectivity index (χ0v) is 7.92. The van der Waals surface area contributed by atoms with Gasteiger partial charge in [-0.3, -0.25) is 4.79 Å². The van der Waals surface area contributed by atoms with Crippen LogP contribution in [-0.2, 0) is 4.79 Å². The molecule has 1 aromatic rings. The first-order valence-corrected chi connectivity index (χ1v) is 4.20. The average Bonchev–Trinajstić information content (AvgIpc) is 2.56. The molecule has 0 bridgehead atoms. The Kier molecular flexibility index (Phi) is 3.20. The van der Waals surface area contributed by atoms with Crippen LogP contribution < -0.4 is 4.74 Å². The molecule has 0 spiro atoms. The third-order valence-corrected chi connectivity index (χ3v) is 2.04. The van der Waals surface area contributed by atoms with E-state index in [0.29, 0.717) is 6.29 Å². The third-order valence-electron chi connectivity index (χ3n) is 1.28. The van der Waals surface area contributed by atoms with Gasteiger partial charge in [0.25, 0.3) is 0 Å². The summed E-state index contributed by atoms with van der Waals surface area (Å²) in [6, 6.07) is 0. The highest BCUT2D eigenvalue weighted by molar-refractivity contribution is 7.08. The molecule has 0 aromatic carbocycles. The Morgan fingerprint density at radius 1 is 1.71 bits per heavy atom. The van der Waals surface area contributed by atoms with E-state index in [4.69, 9.17) is 9.84 Å². The number of carbonyl (C=O) groups excluding carboxylic acids is 1. The Morgan fingerprint density at radius 2 is 2.43 bits per heavy atom. The highest BCUT2D eigenvalue weighted by atomic mass is 32.1. The lowest BCUT2D eigenvalue weighted by Gasteiger charge is -1.92. The smallest absolute Gasteiger partial charge is 0.382 e. The summed E-state index contributed by atoms with van der Waals surface area (Å²) in [5, 5.41) is 8.32. The van der Waals surface area contributed by atoms with Gasteiger partial charge in [0.2, 0.25) is 5.88 Å². The van der Waals surface area contributed by atoms with Gasteiger partial charge in [-0.25, -0.2) is 4.79 Å². The summed E-state index contributed by atoms with van der Waals surface area (Å²) < 4.78 is 8.58. The fourth-order valence-electron chi connectivity index (χ4n) is 0.738. The van der Waals surface area contributed by atoms with Gasteiger partial charge >= 0.3 is 5.97 Å². The van der Waals surface area contributed by atoms with Crippen molar-refractivity contribution in [1.82, 2.24) is 4.37 Å². The minimum absolute atomic E-state index is 0.172. The largest absolute Gasteiger partial charge is 0.479 e. The van der Waals surface area contributed by atoms with Crippen molar-refractivity contribution in [3.8, 4) is 17.7 Å². The molecule has 0 atom stereocenters. The molecule has 0 aliphatic rings. The minimum atomic E-state index is -1.27. The van der Waals surface area contributed by atoms with Gasteiger partial charge in [-0.15, -0.1) is 0 Å². The molecule has 0 aliphatic heterocycles. The van der Waals surface area contributed by atoms with Crippen molar-refractivity contribution in [1.29, 1.82) is 0 Å². The quantitative estimate of drug-likeness (QED) is 0.566. The van der Waals surface area contributed by atoms with Crippen molar-refractivity contribution >= 4 is 23.8 Å². The number of methoxy groups -OCH3 is 1. The molecule has 0 saturated heterocycles. The Labute approximate surface area is 83.5 Å². The zero-order valence-electron chi connectivity index (χ0n) is 7.10. The average molecular weight is 211 g/mol. The van der Waals surface area contributed by atoms with E-state index in [0.717, 1.165) is 11.5 Å². The maximum Gasteiger partial charge on any atom is 0.382 e. The molecule has 0 amide bonds. The van der Waals surface area contributed by atoms with Gasteiger partial charge in [0.1, 0.15) is 10.4 Å². The summed E-state index contributed by atoms with van der Waals surface area (Å²) in [6.07, 6.45) is 0.562. The van der Waals surface area contributed by atoms with Crippen molar-refractivity contribution in [2.24, 2.45) is 0 Å². The van der Waals surface area contributed by atoms with Crippen LogP contribution in [0.25, 0.3) is 0 Å². The lowest BCUT2D eigenvalue weighted by molar-refractivity contribution is -0.130. The van der Waals surface area contributed by atoms with Crippen LogP contribution in [0.2, 0.25) is 0 Å². The number of hydrogen-bond donors (Lipinski definition) is 1. The number of nitrogens with zero attached hydrogens (tertiary/aromatic N) is 1. The number of carbonyl (C=O) groups is 2. The monoisotopic (exact) mass is 211 g/mol. The first kappa shape index (κ1) is 10.2. The minimum Gasteiger partial charge on any atom is -0.479 e. The topological polar surface area (TPSA) is 76.5 Å². The second-order valence-electron chi connectivity index (χ2n) is 2.10. The van der Waals surface area contributed by atoms with Crippen molar-refractivity contribution in [3.63, 3.8) is 0 Å². The number of hydrogen-bond acceptors (Lipinski definition) is 5. The summed E-state index contributed by atoms with van der Waals surface area (Å²) in [5.74, 6) is 3.10. The number of carboxylic acid groups (broad SMARTS) is 1. The van der Waals surface area contributed by atoms with E-state index in [-0.39, 0.29) is 16.3 Å². The van der Waals surface area contributed by atoms with E-state index in [1.807, 2.05) is 5.92 Å². The van der Waals surface area contributed by atoms with Gasteiger partial charge in [0.15, 0.2) is 6.29 Å². The maximum absolute atomic E-state index is 10.5. The van der Waals surface area contributed by atoms with E-state index in [2.05, 4.69) is 10.3 Å². The fraction of sp³-hybridized carbons (Fsp3) is 0.125. The van der Waals surface area contributed by atoms with Gasteiger partial charge in [-0.2, -0.15) is 4.37 Å². The molecule has 0 aliphatic carbocycles. The lowest BCUT2D eigenvalue weighted by Crippen LogP contribution is -1.90. The number of rotatable bonds is 2. The molecule has 6 heteroatoms. The van der Waals surface area contributed by atoms with Crippen molar-refractivity contribution in [3.05, 3.63) is 10.4 Å². The second kappa shape index (κ2) is 4.39. The summed E-state index contributed by atoms with van der Waals surface area (Å²) in [4.78, 5) is 20.9. The maximum atomic E-state index is 10.5. The highest BCUT2D eigenvalue weighted by Gasteiger charge is 2.11. The highest BCUT2D eigenvalue weighted by Crippen LogP contribution is 2.22. The molecular weight excluding hydrogens is 206 g/mol. The number of aldehydes is 1. The molecule has 14 heavy (non-hydrogen) atoms. The van der Waals surface area contributed by atoms with Crippen LogP contribution in [0.15, 0.2) is 0 Å². The Morgan fingerprint density at radius 3 is 2.93 bits per heavy atom. The van der Waals surface area contributed by atoms with E-state index in [1.54, 1.807) is 0 Å². The molecule has 0 saturated carbocycles. The summed E-state index contributed by atoms with van der Waals surface area (Å²) in [6.45, 7) is 0. The molecule has 0 fully saturated rings. The fourth-order valence-corrected chi connectivity index (χ4v) is 1.36. The molecule has 1 rings (SSSR count). The number of aromatic nitrogens is 1. The summed E-state index contributed by atoms with van der Waals surface area (Å²) >= 11 is 0.914. The molecule has 1 heterocycles. The lowest BCUT2D eigenvalue weighted by atomic mass is 10.3. The van der Waals surface area contributed by atoms with Crippen molar-refractivity contribution < 1.29 is 19.4 Å². The van der Waals surface area contributed by atoms with Gasteiger partial charge in [0.05, 0.1) is 7.11 Å². The van der Waals surface area contributed by atoms with Crippen LogP contribution in [0.3, 0.4) is 0 Å². The second-order valence-corrected chi connectivity index (χ2v) is 2.91. The van der Waals surface area contributed by atoms with Gasteiger partial charge < -0.3 is 9.84 Å². The van der Waals surface area contributed by atoms with Crippen LogP contribution in [0, 0.1) is 11.8 Å². The predicted octanol–water partition coefficient (Wildman–Crippen LogP) is 0.400. The van der Waals surface area contributed by atoms with Crippen LogP contribution in [-0.4, -0.2) is 28.8 Å². The Hall–Kier alpha value is -1.87. The third kappa shape index (κ3) is 2.08. The van der Waals surface area contributed by atoms with E-state index < -0.39 is 5.97 Å². The van der Waals surface area contributed by atoms with Gasteiger partial charge in [0, 0.05) is 5.92 Å². The Balaban J connectivity index is 3.17. The van der Waals surface area contributed by atoms with E-state index in [9.17, 15) is 9.59 Å².